The quantitative estimate of drug-likeness (QED) is 0.892. The van der Waals surface area contributed by atoms with E-state index in [1.807, 2.05) is 0 Å². The van der Waals surface area contributed by atoms with E-state index in [0.717, 1.165) is 43.9 Å². The van der Waals surface area contributed by atoms with Crippen LogP contribution in [0.15, 0.2) is 6.20 Å². The van der Waals surface area contributed by atoms with E-state index >= 15 is 0 Å². The van der Waals surface area contributed by atoms with Crippen molar-refractivity contribution in [2.45, 2.75) is 77.0 Å². The summed E-state index contributed by atoms with van der Waals surface area (Å²) in [5.41, 5.74) is 1.19. The molecule has 0 aromatic carbocycles. The number of ether oxygens (including phenoxy) is 1. The van der Waals surface area contributed by atoms with Gasteiger partial charge in [-0.05, 0) is 45.4 Å². The molecule has 20 heavy (non-hydrogen) atoms. The molecule has 0 spiro atoms. The van der Waals surface area contributed by atoms with Crippen molar-refractivity contribution >= 4 is 5.95 Å². The second kappa shape index (κ2) is 5.40. The fourth-order valence-corrected chi connectivity index (χ4v) is 3.33. The predicted octanol–water partition coefficient (Wildman–Crippen LogP) is 3.68. The van der Waals surface area contributed by atoms with Crippen LogP contribution in [0.4, 0.5) is 5.95 Å². The summed E-state index contributed by atoms with van der Waals surface area (Å²) in [6.07, 6.45) is 9.15. The molecule has 1 aromatic heterocycles. The normalized spacial score (nSPS) is 25.6. The lowest BCUT2D eigenvalue weighted by molar-refractivity contribution is -0.0865. The fourth-order valence-electron chi connectivity index (χ4n) is 3.33. The molecular formula is C16H27N3O. The van der Waals surface area contributed by atoms with Crippen LogP contribution in [0.1, 0.15) is 64.1 Å². The van der Waals surface area contributed by atoms with Crippen LogP contribution in [0, 0.1) is 6.92 Å². The molecule has 1 saturated heterocycles. The van der Waals surface area contributed by atoms with Crippen molar-refractivity contribution in [3.8, 4) is 0 Å². The monoisotopic (exact) mass is 277 g/mol. The van der Waals surface area contributed by atoms with E-state index in [2.05, 4.69) is 41.8 Å². The number of hydrogen-bond donors (Lipinski definition) is 1. The molecule has 1 aliphatic heterocycles. The minimum absolute atomic E-state index is 0.0714. The van der Waals surface area contributed by atoms with Gasteiger partial charge in [-0.25, -0.2) is 4.98 Å². The number of hydrogen-bond acceptors (Lipinski definition) is 3. The summed E-state index contributed by atoms with van der Waals surface area (Å²) in [6.45, 7) is 7.42. The van der Waals surface area contributed by atoms with Gasteiger partial charge in [0.15, 0.2) is 0 Å². The maximum Gasteiger partial charge on any atom is 0.203 e. The van der Waals surface area contributed by atoms with Crippen LogP contribution in [0.25, 0.3) is 0 Å². The highest BCUT2D eigenvalue weighted by molar-refractivity contribution is 5.32. The van der Waals surface area contributed by atoms with E-state index in [0.29, 0.717) is 12.1 Å². The van der Waals surface area contributed by atoms with Crippen LogP contribution >= 0.6 is 0 Å². The number of nitrogens with one attached hydrogen (secondary N) is 1. The SMILES string of the molecule is CCC1(CC)CC(Nc2nc(C)cn2C2CC2)CCO1. The van der Waals surface area contributed by atoms with E-state index in [9.17, 15) is 0 Å². The average Bonchev–Trinajstić information content (AvgIpc) is 3.23. The van der Waals surface area contributed by atoms with Crippen LogP contribution in [0.3, 0.4) is 0 Å². The van der Waals surface area contributed by atoms with E-state index < -0.39 is 0 Å². The average molecular weight is 277 g/mol. The Labute approximate surface area is 121 Å². The Morgan fingerprint density at radius 2 is 2.10 bits per heavy atom. The molecule has 1 aliphatic carbocycles. The summed E-state index contributed by atoms with van der Waals surface area (Å²) in [7, 11) is 0. The lowest BCUT2D eigenvalue weighted by Gasteiger charge is -2.40. The molecule has 1 aromatic rings. The minimum Gasteiger partial charge on any atom is -0.375 e. The Morgan fingerprint density at radius 1 is 1.35 bits per heavy atom. The van der Waals surface area contributed by atoms with Crippen molar-refractivity contribution in [1.29, 1.82) is 0 Å². The molecule has 2 aliphatic rings. The van der Waals surface area contributed by atoms with Gasteiger partial charge in [0.25, 0.3) is 0 Å². The molecule has 4 heteroatoms. The molecule has 1 unspecified atom stereocenters. The number of nitrogens with zero attached hydrogens (tertiary/aromatic N) is 2. The van der Waals surface area contributed by atoms with Crippen LogP contribution in [0.2, 0.25) is 0 Å². The van der Waals surface area contributed by atoms with Crippen LogP contribution < -0.4 is 5.32 Å². The van der Waals surface area contributed by atoms with Crippen molar-refractivity contribution < 1.29 is 4.74 Å². The highest BCUT2D eigenvalue weighted by Crippen LogP contribution is 2.38. The van der Waals surface area contributed by atoms with Crippen molar-refractivity contribution in [3.05, 3.63) is 11.9 Å². The van der Waals surface area contributed by atoms with Gasteiger partial charge in [0.2, 0.25) is 5.95 Å². The van der Waals surface area contributed by atoms with Crippen molar-refractivity contribution in [1.82, 2.24) is 9.55 Å². The second-order valence-corrected chi connectivity index (χ2v) is 6.42. The Bertz CT molecular complexity index is 460. The number of anilines is 1. The third-order valence-corrected chi connectivity index (χ3v) is 4.91. The molecular weight excluding hydrogens is 250 g/mol. The van der Waals surface area contributed by atoms with Gasteiger partial charge in [0, 0.05) is 24.9 Å². The van der Waals surface area contributed by atoms with E-state index in [-0.39, 0.29) is 5.60 Å². The molecule has 2 heterocycles. The summed E-state index contributed by atoms with van der Waals surface area (Å²) >= 11 is 0. The van der Waals surface area contributed by atoms with Crippen molar-refractivity contribution in [2.75, 3.05) is 11.9 Å². The molecule has 0 amide bonds. The predicted molar refractivity (Wildman–Crippen MR) is 81.1 cm³/mol. The topological polar surface area (TPSA) is 39.1 Å². The minimum atomic E-state index is 0.0714. The Morgan fingerprint density at radius 3 is 2.75 bits per heavy atom. The van der Waals surface area contributed by atoms with Gasteiger partial charge in [-0.15, -0.1) is 0 Å². The smallest absolute Gasteiger partial charge is 0.203 e. The second-order valence-electron chi connectivity index (χ2n) is 6.42. The number of rotatable bonds is 5. The third-order valence-electron chi connectivity index (χ3n) is 4.91. The Kier molecular flexibility index (Phi) is 3.76. The molecule has 1 saturated carbocycles. The van der Waals surface area contributed by atoms with Crippen molar-refractivity contribution in [3.63, 3.8) is 0 Å². The molecule has 112 valence electrons. The molecule has 4 nitrogen and oxygen atoms in total. The standard InChI is InChI=1S/C16H27N3O/c1-4-16(5-2)10-13(8-9-20-16)18-15-17-12(3)11-19(15)14-6-7-14/h11,13-14H,4-10H2,1-3H3,(H,17,18). The van der Waals surface area contributed by atoms with Gasteiger partial charge in [0.05, 0.1) is 11.3 Å². The summed E-state index contributed by atoms with van der Waals surface area (Å²) in [6, 6.07) is 1.17. The van der Waals surface area contributed by atoms with Gasteiger partial charge in [0.1, 0.15) is 0 Å². The molecule has 3 rings (SSSR count). The lowest BCUT2D eigenvalue weighted by Crippen LogP contribution is -2.44. The summed E-state index contributed by atoms with van der Waals surface area (Å²) in [4.78, 5) is 4.68. The molecule has 0 bridgehead atoms. The number of imidazole rings is 1. The lowest BCUT2D eigenvalue weighted by atomic mass is 9.86. The van der Waals surface area contributed by atoms with Crippen LogP contribution in [-0.4, -0.2) is 27.8 Å². The first-order chi connectivity index (χ1) is 9.65. The Balaban J connectivity index is 1.71. The van der Waals surface area contributed by atoms with Gasteiger partial charge < -0.3 is 14.6 Å². The first kappa shape index (κ1) is 13.9. The van der Waals surface area contributed by atoms with Crippen molar-refractivity contribution in [2.24, 2.45) is 0 Å². The highest BCUT2D eigenvalue weighted by atomic mass is 16.5. The fraction of sp³-hybridized carbons (Fsp3) is 0.812. The largest absolute Gasteiger partial charge is 0.375 e. The zero-order valence-corrected chi connectivity index (χ0v) is 13.0. The van der Waals surface area contributed by atoms with E-state index in [1.165, 1.54) is 12.8 Å². The van der Waals surface area contributed by atoms with Gasteiger partial charge in [-0.1, -0.05) is 13.8 Å². The molecule has 1 N–H and O–H groups in total. The molecule has 2 fully saturated rings. The van der Waals surface area contributed by atoms with Crippen LogP contribution in [0.5, 0.6) is 0 Å². The first-order valence-corrected chi connectivity index (χ1v) is 8.12. The van der Waals surface area contributed by atoms with Crippen LogP contribution in [-0.2, 0) is 4.74 Å². The third kappa shape index (κ3) is 2.71. The zero-order chi connectivity index (χ0) is 14.2. The van der Waals surface area contributed by atoms with E-state index in [4.69, 9.17) is 4.74 Å². The molecule has 0 radical (unpaired) electrons. The summed E-state index contributed by atoms with van der Waals surface area (Å²) < 4.78 is 8.40. The van der Waals surface area contributed by atoms with E-state index in [1.54, 1.807) is 0 Å². The van der Waals surface area contributed by atoms with Gasteiger partial charge >= 0.3 is 0 Å². The van der Waals surface area contributed by atoms with Gasteiger partial charge in [-0.3, -0.25) is 0 Å². The highest BCUT2D eigenvalue weighted by Gasteiger charge is 2.35. The number of aryl methyl sites for hydroxylation is 1. The summed E-state index contributed by atoms with van der Waals surface area (Å²) in [5, 5.41) is 3.69. The molecule has 1 atom stereocenters. The maximum atomic E-state index is 6.06. The Hall–Kier alpha value is -1.03. The maximum absolute atomic E-state index is 6.06. The zero-order valence-electron chi connectivity index (χ0n) is 13.0. The first-order valence-electron chi connectivity index (χ1n) is 8.12. The number of aromatic nitrogens is 2. The van der Waals surface area contributed by atoms with Gasteiger partial charge in [-0.2, -0.15) is 0 Å². The summed E-state index contributed by atoms with van der Waals surface area (Å²) in [5.74, 6) is 1.07.